The topological polar surface area (TPSA) is 57.6 Å². The van der Waals surface area contributed by atoms with E-state index in [2.05, 4.69) is 0 Å². The van der Waals surface area contributed by atoms with Crippen LogP contribution in [0.1, 0.15) is 35.2 Å². The summed E-state index contributed by atoms with van der Waals surface area (Å²) < 4.78 is 0. The first kappa shape index (κ1) is 14.9. The Kier molecular flexibility index (Phi) is 5.06. The van der Waals surface area contributed by atoms with Gasteiger partial charge in [0.1, 0.15) is 0 Å². The fourth-order valence-electron chi connectivity index (χ4n) is 2.13. The van der Waals surface area contributed by atoms with Gasteiger partial charge in [0.2, 0.25) is 0 Å². The molecule has 2 rings (SSSR count). The summed E-state index contributed by atoms with van der Waals surface area (Å²) in [7, 11) is 0. The number of thioether (sulfide) groups is 1. The van der Waals surface area contributed by atoms with Crippen molar-refractivity contribution >= 4 is 23.6 Å². The fraction of sp³-hybridized carbons (Fsp3) is 0.467. The molecule has 0 aromatic heterocycles. The number of nitrogens with zero attached hydrogens (tertiary/aromatic N) is 1. The summed E-state index contributed by atoms with van der Waals surface area (Å²) in [5, 5.41) is 8.77. The molecule has 108 valence electrons. The van der Waals surface area contributed by atoms with E-state index in [4.69, 9.17) is 5.11 Å². The van der Waals surface area contributed by atoms with Gasteiger partial charge in [0.15, 0.2) is 0 Å². The van der Waals surface area contributed by atoms with Gasteiger partial charge in [0.25, 0.3) is 5.91 Å². The van der Waals surface area contributed by atoms with Gasteiger partial charge >= 0.3 is 5.97 Å². The average molecular weight is 293 g/mol. The Hall–Kier alpha value is -1.49. The van der Waals surface area contributed by atoms with E-state index in [-0.39, 0.29) is 18.4 Å². The van der Waals surface area contributed by atoms with Crippen molar-refractivity contribution in [3.8, 4) is 0 Å². The zero-order valence-corrected chi connectivity index (χ0v) is 12.4. The maximum absolute atomic E-state index is 12.4. The van der Waals surface area contributed by atoms with Gasteiger partial charge in [-0.25, -0.2) is 0 Å². The maximum Gasteiger partial charge on any atom is 0.305 e. The molecular weight excluding hydrogens is 274 g/mol. The molecule has 0 spiro atoms. The number of rotatable bonds is 7. The predicted molar refractivity (Wildman–Crippen MR) is 80.0 cm³/mol. The Bertz CT molecular complexity index is 482. The van der Waals surface area contributed by atoms with Crippen LogP contribution in [0.4, 0.5) is 0 Å². The van der Waals surface area contributed by atoms with Gasteiger partial charge in [-0.15, -0.1) is 0 Å². The minimum Gasteiger partial charge on any atom is -0.481 e. The van der Waals surface area contributed by atoms with E-state index < -0.39 is 5.97 Å². The van der Waals surface area contributed by atoms with Crippen LogP contribution in [-0.2, 0) is 10.5 Å². The van der Waals surface area contributed by atoms with Crippen LogP contribution in [0.5, 0.6) is 0 Å². The van der Waals surface area contributed by atoms with Crippen molar-refractivity contribution in [2.24, 2.45) is 0 Å². The third kappa shape index (κ3) is 4.00. The van der Waals surface area contributed by atoms with Gasteiger partial charge in [-0.05, 0) is 36.8 Å². The summed E-state index contributed by atoms with van der Waals surface area (Å²) in [4.78, 5) is 24.8. The van der Waals surface area contributed by atoms with E-state index in [1.807, 2.05) is 30.5 Å². The monoisotopic (exact) mass is 293 g/mol. The van der Waals surface area contributed by atoms with Crippen LogP contribution < -0.4 is 0 Å². The van der Waals surface area contributed by atoms with E-state index in [1.165, 1.54) is 5.56 Å². The Balaban J connectivity index is 2.04. The van der Waals surface area contributed by atoms with Crippen LogP contribution in [-0.4, -0.2) is 40.7 Å². The van der Waals surface area contributed by atoms with E-state index in [0.29, 0.717) is 12.1 Å². The second kappa shape index (κ2) is 6.79. The van der Waals surface area contributed by atoms with E-state index >= 15 is 0 Å². The summed E-state index contributed by atoms with van der Waals surface area (Å²) in [6.45, 7) is 0.297. The highest BCUT2D eigenvalue weighted by Crippen LogP contribution is 2.28. The van der Waals surface area contributed by atoms with Gasteiger partial charge < -0.3 is 10.0 Å². The number of hydrogen-bond acceptors (Lipinski definition) is 3. The largest absolute Gasteiger partial charge is 0.481 e. The molecule has 0 unspecified atom stereocenters. The molecule has 1 amide bonds. The number of carboxylic acid groups (broad SMARTS) is 1. The van der Waals surface area contributed by atoms with Gasteiger partial charge in [-0.2, -0.15) is 11.8 Å². The van der Waals surface area contributed by atoms with Gasteiger partial charge in [-0.3, -0.25) is 9.59 Å². The highest BCUT2D eigenvalue weighted by Gasteiger charge is 2.33. The molecular formula is C15H19NO3S. The lowest BCUT2D eigenvalue weighted by molar-refractivity contribution is -0.137. The Labute approximate surface area is 123 Å². The second-order valence-corrected chi connectivity index (χ2v) is 5.87. The molecule has 0 bridgehead atoms. The molecule has 20 heavy (non-hydrogen) atoms. The van der Waals surface area contributed by atoms with E-state index in [9.17, 15) is 9.59 Å². The number of aliphatic carboxylic acids is 1. The third-order valence-corrected chi connectivity index (χ3v) is 3.95. The van der Waals surface area contributed by atoms with Gasteiger partial charge in [0, 0.05) is 23.9 Å². The van der Waals surface area contributed by atoms with Crippen LogP contribution in [0.2, 0.25) is 0 Å². The first-order valence-electron chi connectivity index (χ1n) is 6.72. The molecule has 4 nitrogen and oxygen atoms in total. The SMILES string of the molecule is CSCc1ccc(C(=O)N(CCC(=O)O)C2CC2)cc1. The molecule has 0 saturated heterocycles. The van der Waals surface area contributed by atoms with E-state index in [0.717, 1.165) is 18.6 Å². The molecule has 0 radical (unpaired) electrons. The van der Waals surface area contributed by atoms with Gasteiger partial charge in [-0.1, -0.05) is 12.1 Å². The highest BCUT2D eigenvalue weighted by atomic mass is 32.2. The maximum atomic E-state index is 12.4. The van der Waals surface area contributed by atoms with Crippen LogP contribution in [0, 0.1) is 0 Å². The quantitative estimate of drug-likeness (QED) is 0.839. The van der Waals surface area contributed by atoms with Crippen LogP contribution >= 0.6 is 11.8 Å². The molecule has 0 atom stereocenters. The summed E-state index contributed by atoms with van der Waals surface area (Å²) >= 11 is 1.74. The van der Waals surface area contributed by atoms with Crippen molar-refractivity contribution in [1.29, 1.82) is 0 Å². The number of benzene rings is 1. The molecule has 1 aliphatic rings. The Morgan fingerprint density at radius 2 is 1.95 bits per heavy atom. The minimum atomic E-state index is -0.862. The van der Waals surface area contributed by atoms with Crippen molar-refractivity contribution in [2.45, 2.75) is 31.1 Å². The average Bonchev–Trinajstić information content (AvgIpc) is 3.24. The molecule has 1 aromatic carbocycles. The lowest BCUT2D eigenvalue weighted by Crippen LogP contribution is -2.35. The summed E-state index contributed by atoms with van der Waals surface area (Å²) in [5.74, 6) is 0.0167. The summed E-state index contributed by atoms with van der Waals surface area (Å²) in [5.41, 5.74) is 1.84. The number of carbonyl (C=O) groups is 2. The molecule has 1 aromatic rings. The predicted octanol–water partition coefficient (Wildman–Crippen LogP) is 2.63. The number of amides is 1. The molecule has 1 saturated carbocycles. The second-order valence-electron chi connectivity index (χ2n) is 5.00. The van der Waals surface area contributed by atoms with Gasteiger partial charge in [0.05, 0.1) is 6.42 Å². The Morgan fingerprint density at radius 1 is 1.30 bits per heavy atom. The van der Waals surface area contributed by atoms with Crippen LogP contribution in [0.15, 0.2) is 24.3 Å². The normalized spacial score (nSPS) is 14.1. The van der Waals surface area contributed by atoms with Crippen molar-refractivity contribution in [3.63, 3.8) is 0 Å². The highest BCUT2D eigenvalue weighted by molar-refractivity contribution is 7.97. The molecule has 0 aliphatic heterocycles. The Morgan fingerprint density at radius 3 is 2.45 bits per heavy atom. The minimum absolute atomic E-state index is 0.00674. The molecule has 5 heteroatoms. The molecule has 1 aliphatic carbocycles. The smallest absolute Gasteiger partial charge is 0.305 e. The van der Waals surface area contributed by atoms with Crippen molar-refractivity contribution in [1.82, 2.24) is 4.90 Å². The molecule has 1 N–H and O–H groups in total. The van der Waals surface area contributed by atoms with Crippen LogP contribution in [0.25, 0.3) is 0 Å². The lowest BCUT2D eigenvalue weighted by Gasteiger charge is -2.21. The van der Waals surface area contributed by atoms with Crippen LogP contribution in [0.3, 0.4) is 0 Å². The number of carbonyl (C=O) groups excluding carboxylic acids is 1. The number of carboxylic acids is 1. The third-order valence-electron chi connectivity index (χ3n) is 3.33. The summed E-state index contributed by atoms with van der Waals surface area (Å²) in [6.07, 6.45) is 4.01. The zero-order valence-electron chi connectivity index (χ0n) is 11.5. The van der Waals surface area contributed by atoms with Crippen molar-refractivity contribution < 1.29 is 14.7 Å². The lowest BCUT2D eigenvalue weighted by atomic mass is 10.1. The standard InChI is InChI=1S/C15H19NO3S/c1-20-10-11-2-4-12(5-3-11)15(19)16(13-6-7-13)9-8-14(17)18/h2-5,13H,6-10H2,1H3,(H,17,18). The summed E-state index contributed by atoms with van der Waals surface area (Å²) in [6, 6.07) is 7.83. The fourth-order valence-corrected chi connectivity index (χ4v) is 2.65. The van der Waals surface area contributed by atoms with Crippen molar-refractivity contribution in [2.75, 3.05) is 12.8 Å². The first-order chi connectivity index (χ1) is 9.61. The van der Waals surface area contributed by atoms with E-state index in [1.54, 1.807) is 16.7 Å². The zero-order chi connectivity index (χ0) is 14.5. The molecule has 1 fully saturated rings. The van der Waals surface area contributed by atoms with Crippen molar-refractivity contribution in [3.05, 3.63) is 35.4 Å². The molecule has 0 heterocycles. The number of hydrogen-bond donors (Lipinski definition) is 1. The first-order valence-corrected chi connectivity index (χ1v) is 8.12.